The van der Waals surface area contributed by atoms with Crippen LogP contribution in [0.2, 0.25) is 10.0 Å². The van der Waals surface area contributed by atoms with E-state index in [1.165, 1.54) is 0 Å². The smallest absolute Gasteiger partial charge is 0.279 e. The Hall–Kier alpha value is -2.09. The summed E-state index contributed by atoms with van der Waals surface area (Å²) >= 11 is 11.8. The second-order valence-electron chi connectivity index (χ2n) is 6.21. The minimum Gasteiger partial charge on any atom is -0.322 e. The van der Waals surface area contributed by atoms with Gasteiger partial charge in [0.05, 0.1) is 34.2 Å². The highest BCUT2D eigenvalue weighted by atomic mass is 35.5. The number of benzene rings is 1. The van der Waals surface area contributed by atoms with E-state index >= 15 is 0 Å². The molecule has 2 amide bonds. The Bertz CT molecular complexity index is 835. The van der Waals surface area contributed by atoms with E-state index in [4.69, 9.17) is 23.2 Å². The molecule has 0 saturated heterocycles. The molecule has 2 rings (SSSR count). The Balaban J connectivity index is 1.87. The highest BCUT2D eigenvalue weighted by Crippen LogP contribution is 2.24. The number of amides is 2. The van der Waals surface area contributed by atoms with Crippen LogP contribution < -0.4 is 15.5 Å². The van der Waals surface area contributed by atoms with Gasteiger partial charge in [-0.05, 0) is 32.0 Å². The molecule has 3 N–H and O–H groups in total. The van der Waals surface area contributed by atoms with Gasteiger partial charge in [0.1, 0.15) is 0 Å². The van der Waals surface area contributed by atoms with Crippen molar-refractivity contribution < 1.29 is 14.5 Å². The maximum Gasteiger partial charge on any atom is 0.279 e. The first-order chi connectivity index (χ1) is 12.2. The number of anilines is 2. The number of nitrogens with one attached hydrogen (secondary N) is 3. The summed E-state index contributed by atoms with van der Waals surface area (Å²) in [6, 6.07) is 4.86. The number of likely N-dealkylation sites (N-methyl/N-ethyl adjacent to an activating group) is 1. The molecule has 0 radical (unpaired) electrons. The van der Waals surface area contributed by atoms with E-state index in [2.05, 4.69) is 15.7 Å². The second-order valence-corrected chi connectivity index (χ2v) is 7.02. The first kappa shape index (κ1) is 20.2. The van der Waals surface area contributed by atoms with Gasteiger partial charge in [0.25, 0.3) is 11.8 Å². The summed E-state index contributed by atoms with van der Waals surface area (Å²) in [7, 11) is 3.60. The van der Waals surface area contributed by atoms with Crippen molar-refractivity contribution >= 4 is 46.4 Å². The third-order valence-electron chi connectivity index (χ3n) is 3.90. The molecule has 0 aliphatic rings. The summed E-state index contributed by atoms with van der Waals surface area (Å²) in [5.41, 5.74) is 2.91. The van der Waals surface area contributed by atoms with Crippen LogP contribution in [0.3, 0.4) is 0 Å². The van der Waals surface area contributed by atoms with Crippen molar-refractivity contribution in [1.29, 1.82) is 0 Å². The van der Waals surface area contributed by atoms with Crippen molar-refractivity contribution in [2.45, 2.75) is 13.8 Å². The average Bonchev–Trinajstić information content (AvgIpc) is 2.77. The van der Waals surface area contributed by atoms with E-state index in [-0.39, 0.29) is 24.9 Å². The zero-order valence-electron chi connectivity index (χ0n) is 15.1. The lowest BCUT2D eigenvalue weighted by atomic mass is 10.3. The lowest BCUT2D eigenvalue weighted by Gasteiger charge is -2.14. The van der Waals surface area contributed by atoms with Crippen LogP contribution in [0.15, 0.2) is 18.2 Å². The fourth-order valence-electron chi connectivity index (χ4n) is 2.53. The summed E-state index contributed by atoms with van der Waals surface area (Å²) in [5, 5.41) is 10.6. The van der Waals surface area contributed by atoms with Crippen LogP contribution in [0.5, 0.6) is 0 Å². The SMILES string of the molecule is Cc1nn(C)c(C)c1NC(=O)C[NH+](C)CC(=O)Nc1ccc(Cl)c(Cl)c1. The first-order valence-corrected chi connectivity index (χ1v) is 8.79. The molecule has 2 aromatic rings. The van der Waals surface area contributed by atoms with Crippen molar-refractivity contribution in [3.05, 3.63) is 39.6 Å². The topological polar surface area (TPSA) is 80.5 Å². The molecule has 0 bridgehead atoms. The first-order valence-electron chi connectivity index (χ1n) is 8.03. The van der Waals surface area contributed by atoms with E-state index in [1.807, 2.05) is 20.9 Å². The van der Waals surface area contributed by atoms with Gasteiger partial charge >= 0.3 is 0 Å². The zero-order chi connectivity index (χ0) is 19.4. The highest BCUT2D eigenvalue weighted by molar-refractivity contribution is 6.42. The molecule has 1 unspecified atom stereocenters. The van der Waals surface area contributed by atoms with E-state index in [0.29, 0.717) is 21.4 Å². The Morgan fingerprint density at radius 3 is 2.27 bits per heavy atom. The van der Waals surface area contributed by atoms with Crippen molar-refractivity contribution in [1.82, 2.24) is 9.78 Å². The predicted molar refractivity (Wildman–Crippen MR) is 103 cm³/mol. The number of rotatable bonds is 6. The molecular formula is C17H22Cl2N5O2+. The molecule has 0 saturated carbocycles. The maximum atomic E-state index is 12.2. The van der Waals surface area contributed by atoms with E-state index in [9.17, 15) is 9.59 Å². The molecule has 9 heteroatoms. The largest absolute Gasteiger partial charge is 0.322 e. The summed E-state index contributed by atoms with van der Waals surface area (Å²) < 4.78 is 1.71. The fourth-order valence-corrected chi connectivity index (χ4v) is 2.83. The summed E-state index contributed by atoms with van der Waals surface area (Å²) in [6.45, 7) is 4.02. The average molecular weight is 399 g/mol. The van der Waals surface area contributed by atoms with Gasteiger partial charge in [0.2, 0.25) is 0 Å². The summed E-state index contributed by atoms with van der Waals surface area (Å²) in [6.07, 6.45) is 0. The standard InChI is InChI=1S/C17H21Cl2N5O2/c1-10-17(11(2)24(4)22-10)21-16(26)9-23(3)8-15(25)20-12-5-6-13(18)14(19)7-12/h5-7H,8-9H2,1-4H3,(H,20,25)(H,21,26)/p+1. The van der Waals surface area contributed by atoms with Gasteiger partial charge in [-0.15, -0.1) is 0 Å². The van der Waals surface area contributed by atoms with Crippen molar-refractivity contribution in [2.24, 2.45) is 7.05 Å². The molecule has 0 spiro atoms. The number of aryl methyl sites for hydroxylation is 2. The highest BCUT2D eigenvalue weighted by Gasteiger charge is 2.17. The minimum absolute atomic E-state index is 0.138. The third kappa shape index (κ3) is 5.20. The maximum absolute atomic E-state index is 12.2. The number of nitrogens with zero attached hydrogens (tertiary/aromatic N) is 2. The summed E-state index contributed by atoms with van der Waals surface area (Å²) in [4.78, 5) is 25.1. The minimum atomic E-state index is -0.220. The molecule has 1 atom stereocenters. The van der Waals surface area contributed by atoms with E-state index < -0.39 is 0 Å². The normalized spacial score (nSPS) is 11.9. The van der Waals surface area contributed by atoms with E-state index in [0.717, 1.165) is 16.3 Å². The van der Waals surface area contributed by atoms with Crippen LogP contribution in [0, 0.1) is 13.8 Å². The molecule has 1 aromatic carbocycles. The Morgan fingerprint density at radius 1 is 1.12 bits per heavy atom. The van der Waals surface area contributed by atoms with E-state index in [1.54, 1.807) is 29.9 Å². The van der Waals surface area contributed by atoms with Crippen LogP contribution in [0.4, 0.5) is 11.4 Å². The van der Waals surface area contributed by atoms with Crippen LogP contribution in [0.1, 0.15) is 11.4 Å². The molecule has 0 aliphatic carbocycles. The van der Waals surface area contributed by atoms with Gasteiger partial charge in [-0.3, -0.25) is 14.3 Å². The zero-order valence-corrected chi connectivity index (χ0v) is 16.6. The van der Waals surface area contributed by atoms with Crippen molar-refractivity contribution in [2.75, 3.05) is 30.8 Å². The number of hydrogen-bond donors (Lipinski definition) is 3. The van der Waals surface area contributed by atoms with Gasteiger partial charge in [-0.2, -0.15) is 5.10 Å². The van der Waals surface area contributed by atoms with Gasteiger partial charge in [0, 0.05) is 12.7 Å². The van der Waals surface area contributed by atoms with Crippen LogP contribution in [0.25, 0.3) is 0 Å². The van der Waals surface area contributed by atoms with Crippen LogP contribution in [-0.4, -0.2) is 41.7 Å². The number of carbonyl (C=O) groups is 2. The molecule has 1 heterocycles. The Kier molecular flexibility index (Phi) is 6.63. The number of aromatic nitrogens is 2. The van der Waals surface area contributed by atoms with Crippen LogP contribution >= 0.6 is 23.2 Å². The fraction of sp³-hybridized carbons (Fsp3) is 0.353. The number of halogens is 2. The van der Waals surface area contributed by atoms with Gasteiger partial charge < -0.3 is 15.5 Å². The molecule has 1 aromatic heterocycles. The van der Waals surface area contributed by atoms with Gasteiger partial charge in [0.15, 0.2) is 13.1 Å². The number of hydrogen-bond acceptors (Lipinski definition) is 3. The molecule has 0 aliphatic heterocycles. The summed E-state index contributed by atoms with van der Waals surface area (Å²) in [5.74, 6) is -0.397. The molecular weight excluding hydrogens is 377 g/mol. The molecule has 26 heavy (non-hydrogen) atoms. The lowest BCUT2D eigenvalue weighted by molar-refractivity contribution is -0.862. The number of carbonyl (C=O) groups excluding carboxylic acids is 2. The monoisotopic (exact) mass is 398 g/mol. The second kappa shape index (κ2) is 8.53. The third-order valence-corrected chi connectivity index (χ3v) is 4.64. The Morgan fingerprint density at radius 2 is 1.73 bits per heavy atom. The lowest BCUT2D eigenvalue weighted by Crippen LogP contribution is -3.11. The van der Waals surface area contributed by atoms with Gasteiger partial charge in [-0.25, -0.2) is 0 Å². The molecule has 140 valence electrons. The van der Waals surface area contributed by atoms with Crippen molar-refractivity contribution in [3.63, 3.8) is 0 Å². The predicted octanol–water partition coefficient (Wildman–Crippen LogP) is 1.44. The quantitative estimate of drug-likeness (QED) is 0.688. The number of quaternary nitrogens is 1. The van der Waals surface area contributed by atoms with Crippen molar-refractivity contribution in [3.8, 4) is 0 Å². The van der Waals surface area contributed by atoms with Crippen LogP contribution in [-0.2, 0) is 16.6 Å². The molecule has 0 fully saturated rings. The molecule has 7 nitrogen and oxygen atoms in total. The van der Waals surface area contributed by atoms with Gasteiger partial charge in [-0.1, -0.05) is 23.2 Å². The Labute approximate surface area is 162 Å².